The van der Waals surface area contributed by atoms with Crippen molar-refractivity contribution in [1.82, 2.24) is 10.3 Å². The Morgan fingerprint density at radius 3 is 2.44 bits per heavy atom. The lowest BCUT2D eigenvalue weighted by atomic mass is 10.1. The van der Waals surface area contributed by atoms with E-state index in [0.29, 0.717) is 5.92 Å². The van der Waals surface area contributed by atoms with Gasteiger partial charge in [-0.1, -0.05) is 27.7 Å². The molecule has 0 bridgehead atoms. The predicted octanol–water partition coefficient (Wildman–Crippen LogP) is 3.47. The van der Waals surface area contributed by atoms with Crippen molar-refractivity contribution in [3.63, 3.8) is 0 Å². The first-order valence-corrected chi connectivity index (χ1v) is 7.62. The number of hydrogen-bond donors (Lipinski definition) is 1. The zero-order valence-corrected chi connectivity index (χ0v) is 13.4. The van der Waals surface area contributed by atoms with Crippen LogP contribution in [0.3, 0.4) is 0 Å². The molecule has 4 heteroatoms. The quantitative estimate of drug-likeness (QED) is 0.821. The summed E-state index contributed by atoms with van der Waals surface area (Å²) in [6, 6.07) is 0. The van der Waals surface area contributed by atoms with E-state index in [2.05, 4.69) is 45.0 Å². The van der Waals surface area contributed by atoms with Gasteiger partial charge in [0.2, 0.25) is 0 Å². The molecule has 1 rings (SSSR count). The molecule has 0 fully saturated rings. The molecule has 0 aliphatic carbocycles. The molecule has 1 N–H and O–H groups in total. The molecule has 0 aliphatic heterocycles. The fraction of sp³-hybridized carbons (Fsp3) is 0.786. The van der Waals surface area contributed by atoms with Gasteiger partial charge in [-0.15, -0.1) is 11.3 Å². The lowest BCUT2D eigenvalue weighted by molar-refractivity contribution is 0.584. The topological polar surface area (TPSA) is 28.2 Å². The van der Waals surface area contributed by atoms with Gasteiger partial charge in [0.1, 0.15) is 0 Å². The van der Waals surface area contributed by atoms with E-state index < -0.39 is 0 Å². The average Bonchev–Trinajstić information content (AvgIpc) is 2.70. The molecule has 0 saturated heterocycles. The first kappa shape index (κ1) is 15.4. The van der Waals surface area contributed by atoms with Gasteiger partial charge in [0.05, 0.1) is 5.69 Å². The molecule has 104 valence electrons. The molecular weight excluding hydrogens is 242 g/mol. The summed E-state index contributed by atoms with van der Waals surface area (Å²) in [4.78, 5) is 8.47. The van der Waals surface area contributed by atoms with Crippen LogP contribution in [0, 0.1) is 5.92 Å². The summed E-state index contributed by atoms with van der Waals surface area (Å²) < 4.78 is 0. The molecule has 0 unspecified atom stereocenters. The van der Waals surface area contributed by atoms with Gasteiger partial charge in [-0.05, 0) is 25.3 Å². The van der Waals surface area contributed by atoms with Gasteiger partial charge in [-0.3, -0.25) is 0 Å². The number of thiazole rings is 1. The van der Waals surface area contributed by atoms with E-state index in [9.17, 15) is 0 Å². The third kappa shape index (κ3) is 4.25. The fourth-order valence-electron chi connectivity index (χ4n) is 1.80. The molecule has 18 heavy (non-hydrogen) atoms. The summed E-state index contributed by atoms with van der Waals surface area (Å²) in [7, 11) is 4.14. The summed E-state index contributed by atoms with van der Waals surface area (Å²) >= 11 is 1.82. The SMILES string of the molecule is CNCc1sc(N(C)CCC(C)C)nc1C(C)C. The van der Waals surface area contributed by atoms with E-state index in [4.69, 9.17) is 4.98 Å². The van der Waals surface area contributed by atoms with Gasteiger partial charge in [-0.2, -0.15) is 0 Å². The van der Waals surface area contributed by atoms with Crippen LogP contribution in [0.15, 0.2) is 0 Å². The van der Waals surface area contributed by atoms with Crippen LogP contribution in [0.2, 0.25) is 0 Å². The lowest BCUT2D eigenvalue weighted by Crippen LogP contribution is -2.19. The van der Waals surface area contributed by atoms with E-state index >= 15 is 0 Å². The van der Waals surface area contributed by atoms with Crippen LogP contribution in [-0.2, 0) is 6.54 Å². The van der Waals surface area contributed by atoms with Crippen molar-refractivity contribution >= 4 is 16.5 Å². The van der Waals surface area contributed by atoms with E-state index in [1.807, 2.05) is 18.4 Å². The van der Waals surface area contributed by atoms with Crippen molar-refractivity contribution in [3.8, 4) is 0 Å². The summed E-state index contributed by atoms with van der Waals surface area (Å²) in [6.45, 7) is 11.0. The largest absolute Gasteiger partial charge is 0.351 e. The minimum atomic E-state index is 0.497. The van der Waals surface area contributed by atoms with Gasteiger partial charge in [0.25, 0.3) is 0 Å². The van der Waals surface area contributed by atoms with Crippen molar-refractivity contribution in [2.45, 2.75) is 46.6 Å². The normalized spacial score (nSPS) is 11.6. The molecule has 0 aromatic carbocycles. The van der Waals surface area contributed by atoms with E-state index in [0.717, 1.165) is 24.1 Å². The molecule has 1 heterocycles. The molecule has 0 spiro atoms. The van der Waals surface area contributed by atoms with E-state index in [1.54, 1.807) is 0 Å². The summed E-state index contributed by atoms with van der Waals surface area (Å²) in [6.07, 6.45) is 1.22. The molecule has 1 aromatic rings. The van der Waals surface area contributed by atoms with Gasteiger partial charge >= 0.3 is 0 Å². The minimum Gasteiger partial charge on any atom is -0.351 e. The first-order valence-electron chi connectivity index (χ1n) is 6.81. The molecule has 0 amide bonds. The smallest absolute Gasteiger partial charge is 0.185 e. The maximum Gasteiger partial charge on any atom is 0.185 e. The van der Waals surface area contributed by atoms with Crippen molar-refractivity contribution in [2.24, 2.45) is 5.92 Å². The van der Waals surface area contributed by atoms with Gasteiger partial charge in [0.15, 0.2) is 5.13 Å². The minimum absolute atomic E-state index is 0.497. The Hall–Kier alpha value is -0.610. The van der Waals surface area contributed by atoms with Crippen molar-refractivity contribution in [2.75, 3.05) is 25.5 Å². The number of aromatic nitrogens is 1. The molecule has 0 aliphatic rings. The molecule has 3 nitrogen and oxygen atoms in total. The molecular formula is C14H27N3S. The summed E-state index contributed by atoms with van der Waals surface area (Å²) in [5.74, 6) is 1.24. The zero-order valence-electron chi connectivity index (χ0n) is 12.6. The summed E-state index contributed by atoms with van der Waals surface area (Å²) in [5.41, 5.74) is 1.25. The third-order valence-electron chi connectivity index (χ3n) is 2.97. The third-order valence-corrected chi connectivity index (χ3v) is 4.15. The Balaban J connectivity index is 2.79. The average molecular weight is 269 g/mol. The second-order valence-corrected chi connectivity index (χ2v) is 6.66. The number of nitrogens with one attached hydrogen (secondary N) is 1. The van der Waals surface area contributed by atoms with Crippen LogP contribution < -0.4 is 10.2 Å². The standard InChI is InChI=1S/C14H27N3S/c1-10(2)7-8-17(6)14-16-13(11(3)4)12(18-14)9-15-5/h10-11,15H,7-9H2,1-6H3. The number of nitrogens with zero attached hydrogens (tertiary/aromatic N) is 2. The van der Waals surface area contributed by atoms with Crippen molar-refractivity contribution < 1.29 is 0 Å². The van der Waals surface area contributed by atoms with Gasteiger partial charge < -0.3 is 10.2 Å². The highest BCUT2D eigenvalue weighted by atomic mass is 32.1. The van der Waals surface area contributed by atoms with Crippen LogP contribution >= 0.6 is 11.3 Å². The van der Waals surface area contributed by atoms with E-state index in [-0.39, 0.29) is 0 Å². The molecule has 0 radical (unpaired) electrons. The molecule has 0 saturated carbocycles. The Bertz CT molecular complexity index is 358. The van der Waals surface area contributed by atoms with Crippen LogP contribution in [0.1, 0.15) is 50.6 Å². The van der Waals surface area contributed by atoms with E-state index in [1.165, 1.54) is 17.0 Å². The van der Waals surface area contributed by atoms with Crippen LogP contribution in [0.5, 0.6) is 0 Å². The lowest BCUT2D eigenvalue weighted by Gasteiger charge is -2.16. The van der Waals surface area contributed by atoms with Gasteiger partial charge in [0, 0.05) is 25.0 Å². The monoisotopic (exact) mass is 269 g/mol. The Morgan fingerprint density at radius 1 is 1.28 bits per heavy atom. The highest BCUT2D eigenvalue weighted by Gasteiger charge is 2.15. The van der Waals surface area contributed by atoms with Crippen LogP contribution in [0.25, 0.3) is 0 Å². The summed E-state index contributed by atoms with van der Waals surface area (Å²) in [5, 5.41) is 4.39. The first-order chi connectivity index (χ1) is 8.45. The highest BCUT2D eigenvalue weighted by molar-refractivity contribution is 7.15. The molecule has 0 atom stereocenters. The maximum atomic E-state index is 4.81. The Labute approximate surface area is 116 Å². The molecule has 1 aromatic heterocycles. The number of rotatable bonds is 7. The second kappa shape index (κ2) is 7.10. The fourth-order valence-corrected chi connectivity index (χ4v) is 3.01. The van der Waals surface area contributed by atoms with Crippen LogP contribution in [0.4, 0.5) is 5.13 Å². The van der Waals surface area contributed by atoms with Crippen LogP contribution in [-0.4, -0.2) is 25.6 Å². The highest BCUT2D eigenvalue weighted by Crippen LogP contribution is 2.30. The zero-order chi connectivity index (χ0) is 13.7. The van der Waals surface area contributed by atoms with Gasteiger partial charge in [-0.25, -0.2) is 4.98 Å². The van der Waals surface area contributed by atoms with Crippen molar-refractivity contribution in [3.05, 3.63) is 10.6 Å². The Kier molecular flexibility index (Phi) is 6.09. The van der Waals surface area contributed by atoms with Crippen molar-refractivity contribution in [1.29, 1.82) is 0 Å². The second-order valence-electron chi connectivity index (χ2n) is 5.59. The number of hydrogen-bond acceptors (Lipinski definition) is 4. The maximum absolute atomic E-state index is 4.81. The number of anilines is 1. The Morgan fingerprint density at radius 2 is 1.94 bits per heavy atom. The predicted molar refractivity (Wildman–Crippen MR) is 81.7 cm³/mol.